The largest absolute Gasteiger partial charge is 0.345 e. The number of benzene rings is 2. The van der Waals surface area contributed by atoms with E-state index >= 15 is 0 Å². The SMILES string of the molecule is Cc1ccc(NS(=O)(=O)c2ccc(NC(C#N)=C(C#N)C#N)cc2)cc1. The van der Waals surface area contributed by atoms with Crippen molar-refractivity contribution in [1.82, 2.24) is 0 Å². The summed E-state index contributed by atoms with van der Waals surface area (Å²) < 4.78 is 27.3. The van der Waals surface area contributed by atoms with Crippen molar-refractivity contribution in [1.29, 1.82) is 15.8 Å². The number of rotatable bonds is 5. The molecular formula is C18H13N5O2S. The van der Waals surface area contributed by atoms with Crippen molar-refractivity contribution in [2.24, 2.45) is 0 Å². The monoisotopic (exact) mass is 363 g/mol. The van der Waals surface area contributed by atoms with Crippen LogP contribution in [-0.4, -0.2) is 8.42 Å². The maximum absolute atomic E-state index is 12.4. The molecule has 2 aromatic carbocycles. The first-order chi connectivity index (χ1) is 12.4. The highest BCUT2D eigenvalue weighted by atomic mass is 32.2. The zero-order valence-corrected chi connectivity index (χ0v) is 14.5. The van der Waals surface area contributed by atoms with E-state index in [0.717, 1.165) is 5.56 Å². The number of aryl methyl sites for hydroxylation is 1. The third kappa shape index (κ3) is 4.39. The molecule has 0 unspecified atom stereocenters. The fraction of sp³-hybridized carbons (Fsp3) is 0.0556. The molecule has 0 heterocycles. The predicted octanol–water partition coefficient (Wildman–Crippen LogP) is 3.03. The Labute approximate surface area is 151 Å². The molecule has 7 nitrogen and oxygen atoms in total. The van der Waals surface area contributed by atoms with Crippen LogP contribution in [0.1, 0.15) is 5.56 Å². The Balaban J connectivity index is 2.22. The van der Waals surface area contributed by atoms with Crippen molar-refractivity contribution in [3.63, 3.8) is 0 Å². The number of allylic oxidation sites excluding steroid dienone is 2. The first-order valence-corrected chi connectivity index (χ1v) is 8.79. The zero-order chi connectivity index (χ0) is 19.2. The molecule has 0 saturated carbocycles. The molecular weight excluding hydrogens is 350 g/mol. The number of nitrogens with zero attached hydrogens (tertiary/aromatic N) is 3. The number of anilines is 2. The second kappa shape index (κ2) is 7.85. The molecule has 0 aliphatic carbocycles. The number of nitrogens with one attached hydrogen (secondary N) is 2. The number of nitriles is 3. The van der Waals surface area contributed by atoms with Crippen molar-refractivity contribution in [3.8, 4) is 18.2 Å². The van der Waals surface area contributed by atoms with Gasteiger partial charge in [0.2, 0.25) is 0 Å². The van der Waals surface area contributed by atoms with E-state index in [0.29, 0.717) is 11.4 Å². The van der Waals surface area contributed by atoms with Gasteiger partial charge < -0.3 is 5.32 Å². The lowest BCUT2D eigenvalue weighted by molar-refractivity contribution is 0.601. The fourth-order valence-electron chi connectivity index (χ4n) is 1.98. The molecule has 2 rings (SSSR count). The Morgan fingerprint density at radius 3 is 1.88 bits per heavy atom. The minimum atomic E-state index is -3.76. The zero-order valence-electron chi connectivity index (χ0n) is 13.7. The summed E-state index contributed by atoms with van der Waals surface area (Å²) >= 11 is 0. The molecule has 128 valence electrons. The highest BCUT2D eigenvalue weighted by molar-refractivity contribution is 7.92. The quantitative estimate of drug-likeness (QED) is 0.785. The van der Waals surface area contributed by atoms with Gasteiger partial charge in [0.1, 0.15) is 23.9 Å². The summed E-state index contributed by atoms with van der Waals surface area (Å²) in [6.45, 7) is 1.90. The van der Waals surface area contributed by atoms with Crippen LogP contribution < -0.4 is 10.0 Å². The van der Waals surface area contributed by atoms with Crippen LogP contribution in [0.2, 0.25) is 0 Å². The first-order valence-electron chi connectivity index (χ1n) is 7.31. The minimum Gasteiger partial charge on any atom is -0.345 e. The van der Waals surface area contributed by atoms with Gasteiger partial charge in [-0.05, 0) is 43.3 Å². The van der Waals surface area contributed by atoms with Gasteiger partial charge in [-0.25, -0.2) is 8.42 Å². The van der Waals surface area contributed by atoms with Gasteiger partial charge in [0.25, 0.3) is 10.0 Å². The molecule has 26 heavy (non-hydrogen) atoms. The second-order valence-corrected chi connectivity index (χ2v) is 6.89. The van der Waals surface area contributed by atoms with Crippen molar-refractivity contribution in [2.75, 3.05) is 10.0 Å². The Kier molecular flexibility index (Phi) is 5.60. The van der Waals surface area contributed by atoms with Crippen LogP contribution in [0.25, 0.3) is 0 Å². The second-order valence-electron chi connectivity index (χ2n) is 5.21. The third-order valence-corrected chi connectivity index (χ3v) is 4.72. The molecule has 0 radical (unpaired) electrons. The normalized spacial score (nSPS) is 9.92. The Morgan fingerprint density at radius 2 is 1.38 bits per heavy atom. The topological polar surface area (TPSA) is 130 Å². The van der Waals surface area contributed by atoms with E-state index < -0.39 is 10.0 Å². The number of sulfonamides is 1. The highest BCUT2D eigenvalue weighted by Gasteiger charge is 2.14. The third-order valence-electron chi connectivity index (χ3n) is 3.32. The van der Waals surface area contributed by atoms with Crippen molar-refractivity contribution >= 4 is 21.4 Å². The Morgan fingerprint density at radius 1 is 0.846 bits per heavy atom. The van der Waals surface area contributed by atoms with Crippen LogP contribution in [0.5, 0.6) is 0 Å². The Hall–Kier alpha value is -3.80. The van der Waals surface area contributed by atoms with Gasteiger partial charge in [0.05, 0.1) is 4.90 Å². The van der Waals surface area contributed by atoms with Crippen molar-refractivity contribution in [2.45, 2.75) is 11.8 Å². The van der Waals surface area contributed by atoms with Crippen molar-refractivity contribution < 1.29 is 8.42 Å². The highest BCUT2D eigenvalue weighted by Crippen LogP contribution is 2.19. The van der Waals surface area contributed by atoms with Gasteiger partial charge in [-0.3, -0.25) is 4.72 Å². The van der Waals surface area contributed by atoms with E-state index in [1.54, 1.807) is 42.5 Å². The molecule has 0 aromatic heterocycles. The van der Waals surface area contributed by atoms with Gasteiger partial charge in [-0.1, -0.05) is 17.7 Å². The molecule has 0 spiro atoms. The summed E-state index contributed by atoms with van der Waals surface area (Å²) in [6.07, 6.45) is 0. The van der Waals surface area contributed by atoms with E-state index in [2.05, 4.69) is 10.0 Å². The van der Waals surface area contributed by atoms with Gasteiger partial charge in [-0.15, -0.1) is 0 Å². The van der Waals surface area contributed by atoms with Crippen LogP contribution in [0.3, 0.4) is 0 Å². The van der Waals surface area contributed by atoms with E-state index in [4.69, 9.17) is 15.8 Å². The lowest BCUT2D eigenvalue weighted by atomic mass is 10.2. The summed E-state index contributed by atoms with van der Waals surface area (Å²) in [5, 5.41) is 29.2. The summed E-state index contributed by atoms with van der Waals surface area (Å²) in [5.41, 5.74) is 1.27. The van der Waals surface area contributed by atoms with Crippen LogP contribution >= 0.6 is 0 Å². The molecule has 8 heteroatoms. The molecule has 0 aliphatic heterocycles. The standard InChI is InChI=1S/C18H13N5O2S/c1-13-2-4-16(5-3-13)23-26(24,25)17-8-6-15(7-9-17)22-18(12-21)14(10-19)11-20/h2-9,22-23H,1H3. The first kappa shape index (κ1) is 18.5. The predicted molar refractivity (Wildman–Crippen MR) is 95.9 cm³/mol. The fourth-order valence-corrected chi connectivity index (χ4v) is 3.04. The smallest absolute Gasteiger partial charge is 0.261 e. The van der Waals surface area contributed by atoms with Gasteiger partial charge in [0, 0.05) is 11.4 Å². The minimum absolute atomic E-state index is 0.0342. The summed E-state index contributed by atoms with van der Waals surface area (Å²) in [4.78, 5) is 0.0342. The van der Waals surface area contributed by atoms with Crippen LogP contribution in [0.15, 0.2) is 64.7 Å². The molecule has 2 N–H and O–H groups in total. The maximum Gasteiger partial charge on any atom is 0.261 e. The van der Waals surface area contributed by atoms with E-state index in [1.165, 1.54) is 24.3 Å². The van der Waals surface area contributed by atoms with Crippen LogP contribution in [0, 0.1) is 40.9 Å². The maximum atomic E-state index is 12.4. The van der Waals surface area contributed by atoms with Gasteiger partial charge in [-0.2, -0.15) is 15.8 Å². The summed E-state index contributed by atoms with van der Waals surface area (Å²) in [5.74, 6) is 0. The van der Waals surface area contributed by atoms with Gasteiger partial charge >= 0.3 is 0 Å². The lowest BCUT2D eigenvalue weighted by Crippen LogP contribution is -2.13. The molecule has 2 aromatic rings. The van der Waals surface area contributed by atoms with E-state index in [9.17, 15) is 8.42 Å². The lowest BCUT2D eigenvalue weighted by Gasteiger charge is -2.10. The van der Waals surface area contributed by atoms with E-state index in [1.807, 2.05) is 6.92 Å². The molecule has 0 fully saturated rings. The van der Waals surface area contributed by atoms with Crippen LogP contribution in [-0.2, 0) is 10.0 Å². The number of hydrogen-bond acceptors (Lipinski definition) is 6. The van der Waals surface area contributed by atoms with Gasteiger partial charge in [0.15, 0.2) is 5.57 Å². The van der Waals surface area contributed by atoms with Crippen molar-refractivity contribution in [3.05, 3.63) is 65.4 Å². The molecule has 0 saturated heterocycles. The summed E-state index contributed by atoms with van der Waals surface area (Å²) in [7, 11) is -3.76. The summed E-state index contributed by atoms with van der Waals surface area (Å²) in [6, 6.07) is 17.5. The molecule has 0 aliphatic rings. The average Bonchev–Trinajstić information content (AvgIpc) is 2.64. The number of hydrogen-bond donors (Lipinski definition) is 2. The average molecular weight is 363 g/mol. The van der Waals surface area contributed by atoms with E-state index in [-0.39, 0.29) is 16.2 Å². The molecule has 0 amide bonds. The Bertz CT molecular complexity index is 1050. The van der Waals surface area contributed by atoms with Crippen LogP contribution in [0.4, 0.5) is 11.4 Å². The molecule has 0 atom stereocenters. The molecule has 0 bridgehead atoms.